The average molecular weight is 621 g/mol. The molecular formula is C37H58F2O5. The van der Waals surface area contributed by atoms with E-state index in [1.54, 1.807) is 0 Å². The Hall–Kier alpha value is -2.18. The van der Waals surface area contributed by atoms with Crippen LogP contribution in [0.15, 0.2) is 24.3 Å². The van der Waals surface area contributed by atoms with Crippen LogP contribution in [0, 0.1) is 5.92 Å². The highest BCUT2D eigenvalue weighted by Crippen LogP contribution is 2.35. The number of benzene rings is 1. The molecule has 2 fully saturated rings. The summed E-state index contributed by atoms with van der Waals surface area (Å²) in [5.74, 6) is 0.269. The number of ether oxygens (including phenoxy) is 3. The summed E-state index contributed by atoms with van der Waals surface area (Å²) in [6.45, 7) is 4.91. The lowest BCUT2D eigenvalue weighted by atomic mass is 9.82. The molecule has 0 heterocycles. The monoisotopic (exact) mass is 620 g/mol. The molecule has 1 aromatic carbocycles. The zero-order valence-electron chi connectivity index (χ0n) is 27.4. The van der Waals surface area contributed by atoms with E-state index in [-0.39, 0.29) is 25.0 Å². The van der Waals surface area contributed by atoms with Crippen LogP contribution >= 0.6 is 0 Å². The molecule has 0 spiro atoms. The van der Waals surface area contributed by atoms with Crippen LogP contribution in [0.2, 0.25) is 0 Å². The van der Waals surface area contributed by atoms with E-state index >= 15 is 0 Å². The molecule has 0 radical (unpaired) electrons. The van der Waals surface area contributed by atoms with Crippen molar-refractivity contribution < 1.29 is 32.6 Å². The summed E-state index contributed by atoms with van der Waals surface area (Å²) in [6.07, 6.45) is 14.1. The number of unbranched alkanes of at least 4 members (excludes halogenated alkanes) is 8. The molecule has 2 aliphatic rings. The molecular weight excluding hydrogens is 562 g/mol. The van der Waals surface area contributed by atoms with Crippen molar-refractivity contribution in [3.05, 3.63) is 29.8 Å². The second-order valence-corrected chi connectivity index (χ2v) is 13.2. The largest absolute Gasteiger partial charge is 0.493 e. The summed E-state index contributed by atoms with van der Waals surface area (Å²) >= 11 is 0. The molecule has 2 aliphatic carbocycles. The molecule has 250 valence electrons. The summed E-state index contributed by atoms with van der Waals surface area (Å²) in [5.41, 5.74) is 1.26. The predicted molar refractivity (Wildman–Crippen MR) is 171 cm³/mol. The predicted octanol–water partition coefficient (Wildman–Crippen LogP) is 10.1. The van der Waals surface area contributed by atoms with Crippen LogP contribution in [0.5, 0.6) is 5.75 Å². The molecule has 0 unspecified atom stereocenters. The fraction of sp³-hybridized carbons (Fsp3) is 0.784. The molecule has 7 heteroatoms. The average Bonchev–Trinajstić information content (AvgIpc) is 3.04. The fourth-order valence-corrected chi connectivity index (χ4v) is 6.55. The highest BCUT2D eigenvalue weighted by Gasteiger charge is 2.29. The van der Waals surface area contributed by atoms with E-state index in [1.807, 2.05) is 12.1 Å². The van der Waals surface area contributed by atoms with Gasteiger partial charge in [0.15, 0.2) is 12.3 Å². The van der Waals surface area contributed by atoms with E-state index in [0.29, 0.717) is 18.4 Å². The molecule has 0 N–H and O–H groups in total. The van der Waals surface area contributed by atoms with E-state index in [1.165, 1.54) is 5.56 Å². The first-order valence-electron chi connectivity index (χ1n) is 17.8. The normalized spacial score (nSPS) is 23.5. The SMILES string of the molecule is CCCCCCC[C@H](F)C(=O)O[C@H]1CC[C@H](COc2ccc([C@H]3CC[C@H](OC(=O)[C@@H](F)CCCCCCC)CC3)cc2)CC1. The van der Waals surface area contributed by atoms with Gasteiger partial charge in [0.25, 0.3) is 0 Å². The highest BCUT2D eigenvalue weighted by molar-refractivity contribution is 5.75. The number of rotatable bonds is 20. The van der Waals surface area contributed by atoms with Gasteiger partial charge in [-0.2, -0.15) is 0 Å². The zero-order chi connectivity index (χ0) is 31.6. The van der Waals surface area contributed by atoms with E-state index in [0.717, 1.165) is 121 Å². The van der Waals surface area contributed by atoms with Gasteiger partial charge in [-0.05, 0) is 107 Å². The van der Waals surface area contributed by atoms with Gasteiger partial charge in [-0.25, -0.2) is 18.4 Å². The Kier molecular flexibility index (Phi) is 17.1. The Morgan fingerprint density at radius 2 is 1.11 bits per heavy atom. The Morgan fingerprint density at radius 3 is 1.59 bits per heavy atom. The molecule has 0 aromatic heterocycles. The molecule has 5 nitrogen and oxygen atoms in total. The minimum absolute atomic E-state index is 0.183. The lowest BCUT2D eigenvalue weighted by Crippen LogP contribution is -2.30. The van der Waals surface area contributed by atoms with E-state index in [4.69, 9.17) is 14.2 Å². The standard InChI is InChI=1S/C37H58F2O5/c1-3-5-7-9-11-13-34(38)36(40)43-32-21-15-28(16-22-32)27-42-31-23-17-29(18-24-31)30-19-25-33(26-20-30)44-37(41)35(39)14-12-10-8-6-4-2/h17-18,23-24,28,30,32-35H,3-16,19-22,25-27H2,1-2H3/t28-,30-,32-,33-,34-,35-/m0/s1. The topological polar surface area (TPSA) is 61.8 Å². The first-order valence-corrected chi connectivity index (χ1v) is 17.8. The van der Waals surface area contributed by atoms with E-state index < -0.39 is 24.3 Å². The third kappa shape index (κ3) is 13.4. The molecule has 0 aliphatic heterocycles. The van der Waals surface area contributed by atoms with Gasteiger partial charge >= 0.3 is 11.9 Å². The third-order valence-electron chi connectivity index (χ3n) is 9.50. The van der Waals surface area contributed by atoms with E-state index in [9.17, 15) is 18.4 Å². The maximum absolute atomic E-state index is 14.3. The number of carbonyl (C=O) groups excluding carboxylic acids is 2. The Balaban J connectivity index is 1.27. The summed E-state index contributed by atoms with van der Waals surface area (Å²) in [4.78, 5) is 24.3. The molecule has 1 aromatic rings. The van der Waals surface area contributed by atoms with Crippen LogP contribution in [0.4, 0.5) is 8.78 Å². The van der Waals surface area contributed by atoms with Crippen molar-refractivity contribution in [1.82, 2.24) is 0 Å². The fourth-order valence-electron chi connectivity index (χ4n) is 6.55. The van der Waals surface area contributed by atoms with Crippen molar-refractivity contribution in [3.63, 3.8) is 0 Å². The quantitative estimate of drug-likeness (QED) is 0.107. The van der Waals surface area contributed by atoms with Crippen molar-refractivity contribution in [2.75, 3.05) is 6.61 Å². The number of halogens is 2. The number of alkyl halides is 2. The van der Waals surface area contributed by atoms with Crippen LogP contribution in [0.25, 0.3) is 0 Å². The van der Waals surface area contributed by atoms with Crippen LogP contribution < -0.4 is 4.74 Å². The van der Waals surface area contributed by atoms with Crippen molar-refractivity contribution in [1.29, 1.82) is 0 Å². The smallest absolute Gasteiger partial charge is 0.340 e. The van der Waals surface area contributed by atoms with E-state index in [2.05, 4.69) is 26.0 Å². The summed E-state index contributed by atoms with van der Waals surface area (Å²) in [5, 5.41) is 0. The molecule has 3 rings (SSSR count). The van der Waals surface area contributed by atoms with Crippen LogP contribution in [0.1, 0.15) is 154 Å². The number of hydrogen-bond acceptors (Lipinski definition) is 5. The number of carbonyl (C=O) groups is 2. The van der Waals surface area contributed by atoms with Gasteiger partial charge < -0.3 is 14.2 Å². The van der Waals surface area contributed by atoms with Gasteiger partial charge in [0.05, 0.1) is 6.61 Å². The number of hydrogen-bond donors (Lipinski definition) is 0. The Bertz CT molecular complexity index is 922. The van der Waals surface area contributed by atoms with Crippen LogP contribution in [-0.4, -0.2) is 43.1 Å². The van der Waals surface area contributed by atoms with Gasteiger partial charge in [0.2, 0.25) is 0 Å². The van der Waals surface area contributed by atoms with Crippen LogP contribution in [-0.2, 0) is 19.1 Å². The lowest BCUT2D eigenvalue weighted by Gasteiger charge is -2.29. The molecule has 0 bridgehead atoms. The molecule has 2 saturated carbocycles. The maximum atomic E-state index is 14.3. The van der Waals surface area contributed by atoms with Gasteiger partial charge in [0, 0.05) is 0 Å². The summed E-state index contributed by atoms with van der Waals surface area (Å²) in [7, 11) is 0. The van der Waals surface area contributed by atoms with Crippen molar-refractivity contribution in [2.45, 2.75) is 173 Å². The van der Waals surface area contributed by atoms with Gasteiger partial charge in [-0.15, -0.1) is 0 Å². The van der Waals surface area contributed by atoms with Gasteiger partial charge in [-0.1, -0.05) is 77.3 Å². The minimum atomic E-state index is -1.50. The summed E-state index contributed by atoms with van der Waals surface area (Å²) in [6, 6.07) is 8.28. The molecule has 2 atom stereocenters. The first-order chi connectivity index (χ1) is 21.4. The maximum Gasteiger partial charge on any atom is 0.340 e. The number of esters is 2. The lowest BCUT2D eigenvalue weighted by molar-refractivity contribution is -0.158. The second kappa shape index (κ2) is 20.8. The summed E-state index contributed by atoms with van der Waals surface area (Å²) < 4.78 is 45.5. The van der Waals surface area contributed by atoms with Crippen molar-refractivity contribution >= 4 is 11.9 Å². The molecule has 0 saturated heterocycles. The Morgan fingerprint density at radius 1 is 0.659 bits per heavy atom. The van der Waals surface area contributed by atoms with Gasteiger partial charge in [0.1, 0.15) is 18.0 Å². The van der Waals surface area contributed by atoms with Crippen LogP contribution in [0.3, 0.4) is 0 Å². The highest BCUT2D eigenvalue weighted by atomic mass is 19.1. The Labute approximate surface area is 265 Å². The minimum Gasteiger partial charge on any atom is -0.493 e. The molecule has 44 heavy (non-hydrogen) atoms. The van der Waals surface area contributed by atoms with Crippen molar-refractivity contribution in [3.8, 4) is 5.75 Å². The van der Waals surface area contributed by atoms with Gasteiger partial charge in [-0.3, -0.25) is 0 Å². The second-order valence-electron chi connectivity index (χ2n) is 13.2. The van der Waals surface area contributed by atoms with Crippen molar-refractivity contribution in [2.24, 2.45) is 5.92 Å². The molecule has 0 amide bonds. The third-order valence-corrected chi connectivity index (χ3v) is 9.50. The zero-order valence-corrected chi connectivity index (χ0v) is 27.4. The first kappa shape index (κ1) is 36.3.